The van der Waals surface area contributed by atoms with Gasteiger partial charge in [-0.05, 0) is 19.9 Å². The van der Waals surface area contributed by atoms with E-state index < -0.39 is 0 Å². The van der Waals surface area contributed by atoms with Gasteiger partial charge in [0.2, 0.25) is 0 Å². The SMILES string of the molecule is C=C(C=CC)n1nc(C)c(C#N)c1N. The van der Waals surface area contributed by atoms with Crippen LogP contribution in [0.5, 0.6) is 0 Å². The number of hydrogen-bond acceptors (Lipinski definition) is 3. The zero-order valence-electron chi connectivity index (χ0n) is 8.28. The van der Waals surface area contributed by atoms with Crippen LogP contribution in [0.15, 0.2) is 18.7 Å². The molecule has 0 unspecified atom stereocenters. The van der Waals surface area contributed by atoms with E-state index >= 15 is 0 Å². The van der Waals surface area contributed by atoms with Crippen LogP contribution in [0, 0.1) is 18.3 Å². The molecule has 0 aromatic carbocycles. The fourth-order valence-corrected chi connectivity index (χ4v) is 1.17. The lowest BCUT2D eigenvalue weighted by molar-refractivity contribution is 0.900. The van der Waals surface area contributed by atoms with Gasteiger partial charge in [-0.25, -0.2) is 4.68 Å². The third-order valence-corrected chi connectivity index (χ3v) is 1.84. The highest BCUT2D eigenvalue weighted by atomic mass is 15.3. The Balaban J connectivity index is 3.26. The molecule has 0 bridgehead atoms. The average Bonchev–Trinajstić information content (AvgIpc) is 2.42. The fourth-order valence-electron chi connectivity index (χ4n) is 1.17. The molecule has 4 heteroatoms. The van der Waals surface area contributed by atoms with E-state index in [-0.39, 0.29) is 0 Å². The van der Waals surface area contributed by atoms with E-state index in [1.54, 1.807) is 13.0 Å². The van der Waals surface area contributed by atoms with Crippen LogP contribution in [0.2, 0.25) is 0 Å². The lowest BCUT2D eigenvalue weighted by atomic mass is 10.3. The number of nitrogen functional groups attached to an aromatic ring is 1. The van der Waals surface area contributed by atoms with Gasteiger partial charge in [-0.15, -0.1) is 0 Å². The minimum absolute atomic E-state index is 0.341. The monoisotopic (exact) mass is 188 g/mol. The van der Waals surface area contributed by atoms with Crippen molar-refractivity contribution in [2.75, 3.05) is 5.73 Å². The van der Waals surface area contributed by atoms with E-state index in [0.29, 0.717) is 22.8 Å². The maximum absolute atomic E-state index is 8.79. The van der Waals surface area contributed by atoms with E-state index in [2.05, 4.69) is 11.7 Å². The molecular weight excluding hydrogens is 176 g/mol. The molecule has 14 heavy (non-hydrogen) atoms. The van der Waals surface area contributed by atoms with E-state index in [1.165, 1.54) is 4.68 Å². The highest BCUT2D eigenvalue weighted by Crippen LogP contribution is 2.18. The van der Waals surface area contributed by atoms with Gasteiger partial charge in [0.05, 0.1) is 11.4 Å². The molecule has 1 aromatic rings. The van der Waals surface area contributed by atoms with Crippen LogP contribution < -0.4 is 5.73 Å². The van der Waals surface area contributed by atoms with Crippen LogP contribution in [-0.4, -0.2) is 9.78 Å². The van der Waals surface area contributed by atoms with Crippen LogP contribution in [0.4, 0.5) is 5.82 Å². The number of nitrogens with two attached hydrogens (primary N) is 1. The molecule has 4 nitrogen and oxygen atoms in total. The zero-order chi connectivity index (χ0) is 10.7. The predicted octanol–water partition coefficient (Wildman–Crippen LogP) is 1.69. The first-order chi connectivity index (χ1) is 6.61. The van der Waals surface area contributed by atoms with Gasteiger partial charge in [0.25, 0.3) is 0 Å². The molecule has 0 aliphatic carbocycles. The van der Waals surface area contributed by atoms with E-state index in [0.717, 1.165) is 0 Å². The average molecular weight is 188 g/mol. The second-order valence-electron chi connectivity index (χ2n) is 2.86. The van der Waals surface area contributed by atoms with Gasteiger partial charge >= 0.3 is 0 Å². The Bertz CT molecular complexity index is 432. The summed E-state index contributed by atoms with van der Waals surface area (Å²) in [6.45, 7) is 7.41. The summed E-state index contributed by atoms with van der Waals surface area (Å²) in [5.41, 5.74) is 7.41. The van der Waals surface area contributed by atoms with Crippen molar-refractivity contribution in [3.8, 4) is 6.07 Å². The Hall–Kier alpha value is -2.02. The summed E-state index contributed by atoms with van der Waals surface area (Å²) in [7, 11) is 0. The molecule has 0 spiro atoms. The number of aromatic nitrogens is 2. The summed E-state index contributed by atoms with van der Waals surface area (Å²) in [6, 6.07) is 2.01. The Labute approximate surface area is 82.9 Å². The van der Waals surface area contributed by atoms with Crippen molar-refractivity contribution in [3.63, 3.8) is 0 Å². The lowest BCUT2D eigenvalue weighted by Crippen LogP contribution is -2.02. The first kappa shape index (κ1) is 10.1. The smallest absolute Gasteiger partial charge is 0.145 e. The van der Waals surface area contributed by atoms with Crippen LogP contribution in [-0.2, 0) is 0 Å². The summed E-state index contributed by atoms with van der Waals surface area (Å²) in [5, 5.41) is 12.9. The number of aryl methyl sites for hydroxylation is 1. The quantitative estimate of drug-likeness (QED) is 0.718. The second kappa shape index (κ2) is 3.79. The Morgan fingerprint density at radius 2 is 2.36 bits per heavy atom. The number of nitrogens with zero attached hydrogens (tertiary/aromatic N) is 3. The molecule has 1 aromatic heterocycles. The largest absolute Gasteiger partial charge is 0.382 e. The van der Waals surface area contributed by atoms with Crippen LogP contribution >= 0.6 is 0 Å². The van der Waals surface area contributed by atoms with Gasteiger partial charge in [-0.1, -0.05) is 12.7 Å². The minimum Gasteiger partial charge on any atom is -0.382 e. The third kappa shape index (κ3) is 1.52. The Kier molecular flexibility index (Phi) is 2.73. The fraction of sp³-hybridized carbons (Fsp3) is 0.200. The molecule has 2 N–H and O–H groups in total. The summed E-state index contributed by atoms with van der Waals surface area (Å²) in [6.07, 6.45) is 3.62. The highest BCUT2D eigenvalue weighted by molar-refractivity contribution is 5.63. The molecule has 0 atom stereocenters. The Morgan fingerprint density at radius 1 is 1.71 bits per heavy atom. The summed E-state index contributed by atoms with van der Waals surface area (Å²) in [5.74, 6) is 0.341. The molecule has 0 radical (unpaired) electrons. The molecule has 0 fully saturated rings. The van der Waals surface area contributed by atoms with Gasteiger partial charge in [-0.3, -0.25) is 0 Å². The van der Waals surface area contributed by atoms with E-state index in [1.807, 2.05) is 19.1 Å². The molecule has 0 saturated carbocycles. The summed E-state index contributed by atoms with van der Waals surface area (Å²) < 4.78 is 1.47. The lowest BCUT2D eigenvalue weighted by Gasteiger charge is -2.01. The normalized spacial score (nSPS) is 10.4. The number of anilines is 1. The Morgan fingerprint density at radius 3 is 2.79 bits per heavy atom. The van der Waals surface area contributed by atoms with Crippen LogP contribution in [0.3, 0.4) is 0 Å². The van der Waals surface area contributed by atoms with Crippen molar-refractivity contribution >= 4 is 11.5 Å². The predicted molar refractivity (Wildman–Crippen MR) is 56.2 cm³/mol. The molecular formula is C10H12N4. The van der Waals surface area contributed by atoms with Gasteiger partial charge in [-0.2, -0.15) is 10.4 Å². The molecule has 72 valence electrons. The molecule has 0 amide bonds. The van der Waals surface area contributed by atoms with Gasteiger partial charge in [0, 0.05) is 0 Å². The van der Waals surface area contributed by atoms with Crippen molar-refractivity contribution in [2.45, 2.75) is 13.8 Å². The number of rotatable bonds is 2. The molecule has 0 aliphatic heterocycles. The number of hydrogen-bond donors (Lipinski definition) is 1. The van der Waals surface area contributed by atoms with Gasteiger partial charge in [0.1, 0.15) is 17.5 Å². The minimum atomic E-state index is 0.341. The van der Waals surface area contributed by atoms with Crippen molar-refractivity contribution in [3.05, 3.63) is 30.0 Å². The molecule has 1 heterocycles. The van der Waals surface area contributed by atoms with Crippen molar-refractivity contribution in [1.82, 2.24) is 9.78 Å². The van der Waals surface area contributed by atoms with Crippen molar-refractivity contribution in [2.24, 2.45) is 0 Å². The number of nitriles is 1. The maximum Gasteiger partial charge on any atom is 0.145 e. The molecule has 0 saturated heterocycles. The second-order valence-corrected chi connectivity index (χ2v) is 2.86. The van der Waals surface area contributed by atoms with Crippen LogP contribution in [0.1, 0.15) is 18.2 Å². The van der Waals surface area contributed by atoms with E-state index in [4.69, 9.17) is 11.0 Å². The first-order valence-corrected chi connectivity index (χ1v) is 4.19. The van der Waals surface area contributed by atoms with E-state index in [9.17, 15) is 0 Å². The van der Waals surface area contributed by atoms with Gasteiger partial charge in [0.15, 0.2) is 0 Å². The van der Waals surface area contributed by atoms with Crippen LogP contribution in [0.25, 0.3) is 5.70 Å². The number of allylic oxidation sites excluding steroid dienone is 3. The summed E-state index contributed by atoms with van der Waals surface area (Å²) >= 11 is 0. The maximum atomic E-state index is 8.79. The topological polar surface area (TPSA) is 67.6 Å². The standard InChI is InChI=1S/C10H12N4/c1-4-5-7(2)14-10(12)9(6-11)8(3)13-14/h4-5H,2,12H2,1,3H3. The molecule has 1 rings (SSSR count). The zero-order valence-corrected chi connectivity index (χ0v) is 8.28. The summed E-state index contributed by atoms with van der Waals surface area (Å²) in [4.78, 5) is 0. The molecule has 0 aliphatic rings. The van der Waals surface area contributed by atoms with Crippen molar-refractivity contribution in [1.29, 1.82) is 5.26 Å². The first-order valence-electron chi connectivity index (χ1n) is 4.19. The third-order valence-electron chi connectivity index (χ3n) is 1.84. The van der Waals surface area contributed by atoms with Crippen molar-refractivity contribution < 1.29 is 0 Å². The van der Waals surface area contributed by atoms with Gasteiger partial charge < -0.3 is 5.73 Å². The highest BCUT2D eigenvalue weighted by Gasteiger charge is 2.12.